The first-order valence-electron chi connectivity index (χ1n) is 6.85. The van der Waals surface area contributed by atoms with Gasteiger partial charge in [0.2, 0.25) is 5.88 Å². The van der Waals surface area contributed by atoms with Gasteiger partial charge in [-0.25, -0.2) is 4.98 Å². The quantitative estimate of drug-likeness (QED) is 0.464. The molecule has 2 aromatic carbocycles. The normalized spacial score (nSPS) is 12.2. The Bertz CT molecular complexity index is 919. The fourth-order valence-electron chi connectivity index (χ4n) is 2.51. The molecule has 3 aromatic rings. The van der Waals surface area contributed by atoms with E-state index in [2.05, 4.69) is 32.0 Å². The van der Waals surface area contributed by atoms with E-state index in [1.165, 1.54) is 0 Å². The Hall–Kier alpha value is -1.98. The molecule has 22 heavy (non-hydrogen) atoms. The van der Waals surface area contributed by atoms with Gasteiger partial charge in [0.15, 0.2) is 0 Å². The van der Waals surface area contributed by atoms with E-state index in [0.29, 0.717) is 10.5 Å². The van der Waals surface area contributed by atoms with Gasteiger partial charge in [-0.1, -0.05) is 58.5 Å². The third-order valence-corrected chi connectivity index (χ3v) is 4.51. The molecule has 5 heteroatoms. The van der Waals surface area contributed by atoms with Gasteiger partial charge in [0, 0.05) is 16.5 Å². The van der Waals surface area contributed by atoms with Gasteiger partial charge >= 0.3 is 0 Å². The van der Waals surface area contributed by atoms with Crippen LogP contribution in [0.3, 0.4) is 0 Å². The van der Waals surface area contributed by atoms with E-state index in [1.54, 1.807) is 0 Å². The number of halogens is 1. The smallest absolute Gasteiger partial charge is 0.205 e. The zero-order valence-electron chi connectivity index (χ0n) is 11.5. The highest BCUT2D eigenvalue weighted by Gasteiger charge is 2.20. The SMILES string of the molecule is S=c1nc(-c2ccc(Br)cc2)[nH]c2c1Cc1ccccc1O2. The number of hydrogen-bond donors (Lipinski definition) is 1. The van der Waals surface area contributed by atoms with Gasteiger partial charge in [-0.2, -0.15) is 0 Å². The predicted octanol–water partition coefficient (Wildman–Crippen LogP) is 5.27. The number of nitrogens with one attached hydrogen (secondary N) is 1. The number of rotatable bonds is 1. The summed E-state index contributed by atoms with van der Waals surface area (Å²) < 4.78 is 7.58. The van der Waals surface area contributed by atoms with Crippen molar-refractivity contribution in [3.63, 3.8) is 0 Å². The summed E-state index contributed by atoms with van der Waals surface area (Å²) in [7, 11) is 0. The largest absolute Gasteiger partial charge is 0.440 e. The van der Waals surface area contributed by atoms with Crippen LogP contribution in [0.1, 0.15) is 11.1 Å². The van der Waals surface area contributed by atoms with Gasteiger partial charge < -0.3 is 9.72 Å². The molecule has 1 aromatic heterocycles. The highest BCUT2D eigenvalue weighted by atomic mass is 79.9. The van der Waals surface area contributed by atoms with Crippen molar-refractivity contribution in [3.05, 3.63) is 68.8 Å². The lowest BCUT2D eigenvalue weighted by atomic mass is 10.0. The number of aromatic nitrogens is 2. The second kappa shape index (κ2) is 5.34. The minimum absolute atomic E-state index is 0.584. The summed E-state index contributed by atoms with van der Waals surface area (Å²) in [6.45, 7) is 0. The predicted molar refractivity (Wildman–Crippen MR) is 91.9 cm³/mol. The molecular formula is C17H11BrN2OS. The number of nitrogens with zero attached hydrogens (tertiary/aromatic N) is 1. The van der Waals surface area contributed by atoms with Gasteiger partial charge in [0.1, 0.15) is 16.2 Å². The highest BCUT2D eigenvalue weighted by molar-refractivity contribution is 9.10. The molecule has 0 atom stereocenters. The fourth-order valence-corrected chi connectivity index (χ4v) is 3.03. The lowest BCUT2D eigenvalue weighted by Crippen LogP contribution is -2.07. The molecule has 0 radical (unpaired) electrons. The van der Waals surface area contributed by atoms with Crippen molar-refractivity contribution in [1.29, 1.82) is 0 Å². The molecule has 1 aliphatic heterocycles. The van der Waals surface area contributed by atoms with Crippen LogP contribution >= 0.6 is 28.1 Å². The standard InChI is InChI=1S/C17H11BrN2OS/c18-12-7-5-10(6-8-12)15-19-16-13(17(22)20-15)9-11-3-1-2-4-14(11)21-16/h1-8H,9H2,(H,19,20,22). The first-order valence-corrected chi connectivity index (χ1v) is 8.06. The van der Waals surface area contributed by atoms with E-state index in [-0.39, 0.29) is 0 Å². The first kappa shape index (κ1) is 13.7. The Morgan fingerprint density at radius 3 is 2.68 bits per heavy atom. The maximum absolute atomic E-state index is 5.97. The Kier molecular flexibility index (Phi) is 3.32. The van der Waals surface area contributed by atoms with Crippen LogP contribution in [0.15, 0.2) is 53.0 Å². The van der Waals surface area contributed by atoms with Crippen LogP contribution in [-0.2, 0) is 6.42 Å². The number of benzene rings is 2. The van der Waals surface area contributed by atoms with Crippen molar-refractivity contribution in [2.24, 2.45) is 0 Å². The first-order chi connectivity index (χ1) is 10.7. The lowest BCUT2D eigenvalue weighted by molar-refractivity contribution is 0.439. The minimum Gasteiger partial charge on any atom is -0.440 e. The Morgan fingerprint density at radius 2 is 1.86 bits per heavy atom. The van der Waals surface area contributed by atoms with Gasteiger partial charge in [0.25, 0.3) is 0 Å². The summed E-state index contributed by atoms with van der Waals surface area (Å²) in [5, 5.41) is 0. The molecule has 0 saturated heterocycles. The number of ether oxygens (including phenoxy) is 1. The maximum Gasteiger partial charge on any atom is 0.205 e. The molecule has 0 fully saturated rings. The number of H-pyrrole nitrogens is 1. The van der Waals surface area contributed by atoms with E-state index < -0.39 is 0 Å². The van der Waals surface area contributed by atoms with Crippen LogP contribution in [0, 0.1) is 4.64 Å². The molecule has 0 aliphatic carbocycles. The van der Waals surface area contributed by atoms with Crippen molar-refractivity contribution in [1.82, 2.24) is 9.97 Å². The van der Waals surface area contributed by atoms with Crippen LogP contribution in [0.5, 0.6) is 11.6 Å². The number of para-hydroxylation sites is 1. The maximum atomic E-state index is 5.97. The van der Waals surface area contributed by atoms with Gasteiger partial charge in [-0.3, -0.25) is 0 Å². The van der Waals surface area contributed by atoms with E-state index in [0.717, 1.165) is 39.2 Å². The summed E-state index contributed by atoms with van der Waals surface area (Å²) in [5.41, 5.74) is 3.04. The molecule has 0 spiro atoms. The summed E-state index contributed by atoms with van der Waals surface area (Å²) in [5.74, 6) is 2.28. The summed E-state index contributed by atoms with van der Waals surface area (Å²) in [6, 6.07) is 15.9. The van der Waals surface area contributed by atoms with Crippen molar-refractivity contribution >= 4 is 28.1 Å². The van der Waals surface area contributed by atoms with Gasteiger partial charge in [-0.05, 0) is 23.8 Å². The van der Waals surface area contributed by atoms with Gasteiger partial charge in [0.05, 0.1) is 5.56 Å². The van der Waals surface area contributed by atoms with Gasteiger partial charge in [-0.15, -0.1) is 0 Å². The second-order valence-electron chi connectivity index (χ2n) is 5.09. The average Bonchev–Trinajstić information content (AvgIpc) is 2.54. The zero-order chi connectivity index (χ0) is 15.1. The molecule has 2 heterocycles. The van der Waals surface area contributed by atoms with Crippen LogP contribution < -0.4 is 4.74 Å². The minimum atomic E-state index is 0.584. The van der Waals surface area contributed by atoms with Crippen molar-refractivity contribution in [2.75, 3.05) is 0 Å². The Labute approximate surface area is 141 Å². The Morgan fingerprint density at radius 1 is 1.09 bits per heavy atom. The van der Waals surface area contributed by atoms with E-state index >= 15 is 0 Å². The zero-order valence-corrected chi connectivity index (χ0v) is 13.9. The van der Waals surface area contributed by atoms with Crippen LogP contribution in [0.2, 0.25) is 0 Å². The monoisotopic (exact) mass is 370 g/mol. The van der Waals surface area contributed by atoms with Crippen molar-refractivity contribution < 1.29 is 4.74 Å². The van der Waals surface area contributed by atoms with Crippen molar-refractivity contribution in [3.8, 4) is 23.0 Å². The fraction of sp³-hybridized carbons (Fsp3) is 0.0588. The van der Waals surface area contributed by atoms with Crippen molar-refractivity contribution in [2.45, 2.75) is 6.42 Å². The third-order valence-electron chi connectivity index (χ3n) is 3.65. The molecule has 0 unspecified atom stereocenters. The molecule has 1 aliphatic rings. The van der Waals surface area contributed by atoms with Crippen LogP contribution in [0.25, 0.3) is 11.4 Å². The lowest BCUT2D eigenvalue weighted by Gasteiger charge is -2.20. The molecule has 0 saturated carbocycles. The summed E-state index contributed by atoms with van der Waals surface area (Å²) in [4.78, 5) is 7.79. The van der Waals surface area contributed by atoms with E-state index in [1.807, 2.05) is 42.5 Å². The molecule has 0 amide bonds. The third kappa shape index (κ3) is 2.36. The molecule has 0 bridgehead atoms. The topological polar surface area (TPSA) is 37.9 Å². The highest BCUT2D eigenvalue weighted by Crippen LogP contribution is 2.36. The molecule has 108 valence electrons. The van der Waals surface area contributed by atoms with E-state index in [9.17, 15) is 0 Å². The molecule has 3 nitrogen and oxygen atoms in total. The Balaban J connectivity index is 1.82. The number of fused-ring (bicyclic) bond motifs is 2. The number of aromatic amines is 1. The number of hydrogen-bond acceptors (Lipinski definition) is 3. The van der Waals surface area contributed by atoms with Crippen LogP contribution in [-0.4, -0.2) is 9.97 Å². The molecular weight excluding hydrogens is 360 g/mol. The van der Waals surface area contributed by atoms with E-state index in [4.69, 9.17) is 17.0 Å². The summed E-state index contributed by atoms with van der Waals surface area (Å²) in [6.07, 6.45) is 0.745. The molecule has 1 N–H and O–H groups in total. The average molecular weight is 371 g/mol. The molecule has 4 rings (SSSR count). The summed E-state index contributed by atoms with van der Waals surface area (Å²) >= 11 is 8.90. The second-order valence-corrected chi connectivity index (χ2v) is 6.39. The van der Waals surface area contributed by atoms with Crippen LogP contribution in [0.4, 0.5) is 0 Å².